The minimum absolute atomic E-state index is 0.123. The molecule has 1 N–H and O–H groups in total. The summed E-state index contributed by atoms with van der Waals surface area (Å²) in [6.07, 6.45) is 2.42. The Hall–Kier alpha value is -3.01. The minimum atomic E-state index is -0.123. The molecule has 0 aliphatic heterocycles. The summed E-state index contributed by atoms with van der Waals surface area (Å²) in [5.74, 6) is 0.771. The van der Waals surface area contributed by atoms with Crippen molar-refractivity contribution in [3.63, 3.8) is 0 Å². The molecule has 3 rings (SSSR count). The van der Waals surface area contributed by atoms with Gasteiger partial charge in [0, 0.05) is 12.2 Å². The SMILES string of the molecule is Cc1ccccc1NC(=O)N(CCc1ccccc1)Cc1ccco1. The molecule has 0 unspecified atom stereocenters. The van der Waals surface area contributed by atoms with Crippen molar-refractivity contribution >= 4 is 11.7 Å². The predicted molar refractivity (Wildman–Crippen MR) is 99.5 cm³/mol. The molecular weight excluding hydrogens is 312 g/mol. The number of urea groups is 1. The molecule has 0 saturated carbocycles. The van der Waals surface area contributed by atoms with Crippen LogP contribution in [-0.2, 0) is 13.0 Å². The fourth-order valence-corrected chi connectivity index (χ4v) is 2.66. The number of nitrogens with one attached hydrogen (secondary N) is 1. The molecule has 0 aliphatic carbocycles. The zero-order valence-electron chi connectivity index (χ0n) is 14.3. The van der Waals surface area contributed by atoms with E-state index in [2.05, 4.69) is 17.4 Å². The maximum atomic E-state index is 12.8. The number of carbonyl (C=O) groups excluding carboxylic acids is 1. The van der Waals surface area contributed by atoms with E-state index in [0.29, 0.717) is 13.1 Å². The molecule has 128 valence electrons. The van der Waals surface area contributed by atoms with Gasteiger partial charge in [-0.05, 0) is 42.7 Å². The zero-order valence-corrected chi connectivity index (χ0v) is 14.3. The van der Waals surface area contributed by atoms with Crippen molar-refractivity contribution in [3.05, 3.63) is 89.9 Å². The molecule has 25 heavy (non-hydrogen) atoms. The molecule has 4 nitrogen and oxygen atoms in total. The first-order valence-electron chi connectivity index (χ1n) is 8.40. The molecule has 3 aromatic rings. The fourth-order valence-electron chi connectivity index (χ4n) is 2.66. The number of rotatable bonds is 6. The van der Waals surface area contributed by atoms with Crippen LogP contribution in [0.5, 0.6) is 0 Å². The smallest absolute Gasteiger partial charge is 0.322 e. The number of benzene rings is 2. The lowest BCUT2D eigenvalue weighted by atomic mass is 10.1. The third-order valence-electron chi connectivity index (χ3n) is 4.11. The Bertz CT molecular complexity index is 798. The molecule has 4 heteroatoms. The highest BCUT2D eigenvalue weighted by Gasteiger charge is 2.16. The van der Waals surface area contributed by atoms with E-state index in [9.17, 15) is 4.79 Å². The molecule has 0 aliphatic rings. The molecule has 0 saturated heterocycles. The average Bonchev–Trinajstić information content (AvgIpc) is 3.14. The van der Waals surface area contributed by atoms with Gasteiger partial charge in [-0.3, -0.25) is 0 Å². The Morgan fingerprint density at radius 1 is 1.00 bits per heavy atom. The van der Waals surface area contributed by atoms with Crippen molar-refractivity contribution in [1.82, 2.24) is 4.90 Å². The van der Waals surface area contributed by atoms with Crippen LogP contribution in [0.2, 0.25) is 0 Å². The highest BCUT2D eigenvalue weighted by molar-refractivity contribution is 5.90. The van der Waals surface area contributed by atoms with Gasteiger partial charge >= 0.3 is 6.03 Å². The first kappa shape index (κ1) is 16.8. The first-order chi connectivity index (χ1) is 12.2. The van der Waals surface area contributed by atoms with E-state index in [-0.39, 0.29) is 6.03 Å². The van der Waals surface area contributed by atoms with Gasteiger partial charge in [0.25, 0.3) is 0 Å². The Morgan fingerprint density at radius 2 is 1.76 bits per heavy atom. The van der Waals surface area contributed by atoms with Gasteiger partial charge in [-0.15, -0.1) is 0 Å². The van der Waals surface area contributed by atoms with Crippen molar-refractivity contribution < 1.29 is 9.21 Å². The number of furan rings is 1. The maximum Gasteiger partial charge on any atom is 0.322 e. The van der Waals surface area contributed by atoms with Crippen LogP contribution >= 0.6 is 0 Å². The van der Waals surface area contributed by atoms with E-state index in [1.165, 1.54) is 5.56 Å². The summed E-state index contributed by atoms with van der Waals surface area (Å²) in [6, 6.07) is 21.5. The van der Waals surface area contributed by atoms with E-state index in [1.54, 1.807) is 11.2 Å². The number of hydrogen-bond donors (Lipinski definition) is 1. The van der Waals surface area contributed by atoms with E-state index in [1.807, 2.05) is 61.5 Å². The van der Waals surface area contributed by atoms with Crippen LogP contribution in [0, 0.1) is 6.92 Å². The molecule has 0 fully saturated rings. The molecule has 0 spiro atoms. The Kier molecular flexibility index (Phi) is 5.52. The number of aryl methyl sites for hydroxylation is 1. The standard InChI is InChI=1S/C21H22N2O2/c1-17-8-5-6-12-20(17)22-21(24)23(16-19-11-7-15-25-19)14-13-18-9-3-2-4-10-18/h2-12,15H,13-14,16H2,1H3,(H,22,24). The summed E-state index contributed by atoms with van der Waals surface area (Å²) < 4.78 is 5.42. The van der Waals surface area contributed by atoms with Crippen LogP contribution < -0.4 is 5.32 Å². The summed E-state index contributed by atoms with van der Waals surface area (Å²) in [6.45, 7) is 3.04. The fraction of sp³-hybridized carbons (Fsp3) is 0.190. The number of hydrogen-bond acceptors (Lipinski definition) is 2. The zero-order chi connectivity index (χ0) is 17.5. The second-order valence-corrected chi connectivity index (χ2v) is 5.98. The predicted octanol–water partition coefficient (Wildman–Crippen LogP) is 4.86. The summed E-state index contributed by atoms with van der Waals surface area (Å²) in [5, 5.41) is 3.00. The van der Waals surface area contributed by atoms with Crippen molar-refractivity contribution in [2.75, 3.05) is 11.9 Å². The van der Waals surface area contributed by atoms with Gasteiger partial charge in [-0.1, -0.05) is 48.5 Å². The van der Waals surface area contributed by atoms with Crippen LogP contribution in [0.15, 0.2) is 77.4 Å². The maximum absolute atomic E-state index is 12.8. The number of carbonyl (C=O) groups is 1. The molecule has 1 aromatic heterocycles. The van der Waals surface area contributed by atoms with Crippen molar-refractivity contribution in [2.24, 2.45) is 0 Å². The normalized spacial score (nSPS) is 10.4. The largest absolute Gasteiger partial charge is 0.467 e. The summed E-state index contributed by atoms with van der Waals surface area (Å²) in [4.78, 5) is 14.6. The van der Waals surface area contributed by atoms with Crippen molar-refractivity contribution in [1.29, 1.82) is 0 Å². The van der Waals surface area contributed by atoms with Gasteiger partial charge in [0.05, 0.1) is 12.8 Å². The summed E-state index contributed by atoms with van der Waals surface area (Å²) in [5.41, 5.74) is 3.07. The van der Waals surface area contributed by atoms with E-state index in [4.69, 9.17) is 4.42 Å². The second kappa shape index (κ2) is 8.20. The molecule has 2 aromatic carbocycles. The Morgan fingerprint density at radius 3 is 2.48 bits per heavy atom. The first-order valence-corrected chi connectivity index (χ1v) is 8.40. The lowest BCUT2D eigenvalue weighted by Gasteiger charge is -2.23. The number of para-hydroxylation sites is 1. The quantitative estimate of drug-likeness (QED) is 0.699. The van der Waals surface area contributed by atoms with Crippen LogP contribution in [0.3, 0.4) is 0 Å². The average molecular weight is 334 g/mol. The molecule has 0 bridgehead atoms. The van der Waals surface area contributed by atoms with Crippen molar-refractivity contribution in [2.45, 2.75) is 19.9 Å². The third kappa shape index (κ3) is 4.73. The summed E-state index contributed by atoms with van der Waals surface area (Å²) >= 11 is 0. The van der Waals surface area contributed by atoms with E-state index < -0.39 is 0 Å². The number of amides is 2. The number of nitrogens with zero attached hydrogens (tertiary/aromatic N) is 1. The Labute approximate surface area is 148 Å². The van der Waals surface area contributed by atoms with Crippen LogP contribution in [-0.4, -0.2) is 17.5 Å². The van der Waals surface area contributed by atoms with Gasteiger partial charge in [-0.25, -0.2) is 4.79 Å². The monoisotopic (exact) mass is 334 g/mol. The topological polar surface area (TPSA) is 45.5 Å². The number of anilines is 1. The van der Waals surface area contributed by atoms with Crippen molar-refractivity contribution in [3.8, 4) is 0 Å². The highest BCUT2D eigenvalue weighted by atomic mass is 16.3. The third-order valence-corrected chi connectivity index (χ3v) is 4.11. The molecule has 1 heterocycles. The van der Waals surface area contributed by atoms with Gasteiger partial charge in [0.15, 0.2) is 0 Å². The lowest BCUT2D eigenvalue weighted by Crippen LogP contribution is -2.36. The van der Waals surface area contributed by atoms with Gasteiger partial charge < -0.3 is 14.6 Å². The summed E-state index contributed by atoms with van der Waals surface area (Å²) in [7, 11) is 0. The van der Waals surface area contributed by atoms with Gasteiger partial charge in [-0.2, -0.15) is 0 Å². The van der Waals surface area contributed by atoms with Crippen LogP contribution in [0.25, 0.3) is 0 Å². The van der Waals surface area contributed by atoms with Gasteiger partial charge in [0.1, 0.15) is 5.76 Å². The van der Waals surface area contributed by atoms with Crippen LogP contribution in [0.1, 0.15) is 16.9 Å². The van der Waals surface area contributed by atoms with E-state index in [0.717, 1.165) is 23.4 Å². The second-order valence-electron chi connectivity index (χ2n) is 5.98. The highest BCUT2D eigenvalue weighted by Crippen LogP contribution is 2.15. The van der Waals surface area contributed by atoms with Crippen LogP contribution in [0.4, 0.5) is 10.5 Å². The Balaban J connectivity index is 1.70. The lowest BCUT2D eigenvalue weighted by molar-refractivity contribution is 0.205. The molecular formula is C21H22N2O2. The molecule has 2 amide bonds. The minimum Gasteiger partial charge on any atom is -0.467 e. The van der Waals surface area contributed by atoms with E-state index >= 15 is 0 Å². The molecule has 0 atom stereocenters. The molecule has 0 radical (unpaired) electrons. The van der Waals surface area contributed by atoms with Gasteiger partial charge in [0.2, 0.25) is 0 Å².